The predicted molar refractivity (Wildman–Crippen MR) is 73.1 cm³/mol. The molecule has 0 saturated heterocycles. The molecular formula is C11H22N6O. The smallest absolute Gasteiger partial charge is 0.231 e. The van der Waals surface area contributed by atoms with E-state index >= 15 is 0 Å². The maximum absolute atomic E-state index is 9.67. The van der Waals surface area contributed by atoms with Crippen molar-refractivity contribution in [1.82, 2.24) is 15.0 Å². The zero-order chi connectivity index (χ0) is 13.8. The summed E-state index contributed by atoms with van der Waals surface area (Å²) in [6.45, 7) is 6.53. The van der Waals surface area contributed by atoms with Gasteiger partial charge in [-0.3, -0.25) is 0 Å². The molecule has 0 radical (unpaired) electrons. The lowest BCUT2D eigenvalue weighted by molar-refractivity contribution is 0.0943. The van der Waals surface area contributed by atoms with Gasteiger partial charge in [0.1, 0.15) is 0 Å². The molecule has 1 rings (SSSR count). The fourth-order valence-electron chi connectivity index (χ4n) is 1.18. The number of anilines is 3. The maximum Gasteiger partial charge on any atom is 0.231 e. The molecule has 0 amide bonds. The number of aromatic nitrogens is 3. The highest BCUT2D eigenvalue weighted by Gasteiger charge is 2.14. The molecule has 18 heavy (non-hydrogen) atoms. The van der Waals surface area contributed by atoms with Gasteiger partial charge in [-0.1, -0.05) is 0 Å². The third-order valence-corrected chi connectivity index (χ3v) is 2.04. The van der Waals surface area contributed by atoms with Crippen LogP contribution in [0.25, 0.3) is 0 Å². The van der Waals surface area contributed by atoms with Crippen molar-refractivity contribution < 1.29 is 5.11 Å². The quantitative estimate of drug-likeness (QED) is 0.683. The van der Waals surface area contributed by atoms with E-state index in [0.29, 0.717) is 24.4 Å². The normalized spacial score (nSPS) is 11.2. The van der Waals surface area contributed by atoms with Gasteiger partial charge in [-0.2, -0.15) is 15.0 Å². The molecule has 0 spiro atoms. The first-order valence-corrected chi connectivity index (χ1v) is 5.95. The number of rotatable bonds is 6. The molecule has 0 aliphatic heterocycles. The van der Waals surface area contributed by atoms with E-state index in [1.165, 1.54) is 0 Å². The van der Waals surface area contributed by atoms with Crippen molar-refractivity contribution in [3.8, 4) is 0 Å². The number of hydrogen-bond donors (Lipinski definition) is 3. The van der Waals surface area contributed by atoms with Gasteiger partial charge in [-0.15, -0.1) is 0 Å². The number of aliphatic hydroxyl groups is 1. The maximum atomic E-state index is 9.67. The molecule has 0 atom stereocenters. The second-order valence-electron chi connectivity index (χ2n) is 4.87. The Hall–Kier alpha value is -1.63. The zero-order valence-electron chi connectivity index (χ0n) is 11.7. The predicted octanol–water partition coefficient (Wildman–Crippen LogP) is 0.552. The van der Waals surface area contributed by atoms with Crippen molar-refractivity contribution in [3.63, 3.8) is 0 Å². The van der Waals surface area contributed by atoms with Gasteiger partial charge >= 0.3 is 0 Å². The average Bonchev–Trinajstić information content (AvgIpc) is 2.25. The average molecular weight is 254 g/mol. The summed E-state index contributed by atoms with van der Waals surface area (Å²) in [6.07, 6.45) is 0. The Morgan fingerprint density at radius 3 is 2.11 bits per heavy atom. The Bertz CT molecular complexity index is 388. The molecule has 0 fully saturated rings. The van der Waals surface area contributed by atoms with Crippen molar-refractivity contribution in [2.45, 2.75) is 26.4 Å². The Balaban J connectivity index is 2.89. The molecule has 0 aliphatic carbocycles. The fourth-order valence-corrected chi connectivity index (χ4v) is 1.18. The van der Waals surface area contributed by atoms with Gasteiger partial charge in [-0.05, 0) is 20.8 Å². The molecule has 0 aromatic carbocycles. The molecule has 102 valence electrons. The lowest BCUT2D eigenvalue weighted by Gasteiger charge is -2.19. The minimum absolute atomic E-state index is 0.370. The van der Waals surface area contributed by atoms with E-state index in [2.05, 4.69) is 25.6 Å². The summed E-state index contributed by atoms with van der Waals surface area (Å²) >= 11 is 0. The van der Waals surface area contributed by atoms with Crippen molar-refractivity contribution in [3.05, 3.63) is 0 Å². The van der Waals surface area contributed by atoms with Crippen LogP contribution in [0, 0.1) is 0 Å². The molecule has 7 heteroatoms. The van der Waals surface area contributed by atoms with Crippen LogP contribution in [-0.2, 0) is 0 Å². The van der Waals surface area contributed by atoms with Gasteiger partial charge in [0.25, 0.3) is 0 Å². The largest absolute Gasteiger partial charge is 0.389 e. The molecular weight excluding hydrogens is 232 g/mol. The lowest BCUT2D eigenvalue weighted by Crippen LogP contribution is -2.30. The van der Waals surface area contributed by atoms with Crippen LogP contribution in [0.3, 0.4) is 0 Å². The summed E-state index contributed by atoms with van der Waals surface area (Å²) in [5.74, 6) is 1.54. The van der Waals surface area contributed by atoms with Crippen LogP contribution >= 0.6 is 0 Å². The van der Waals surface area contributed by atoms with Crippen LogP contribution in [0.1, 0.15) is 20.8 Å². The third-order valence-electron chi connectivity index (χ3n) is 2.04. The van der Waals surface area contributed by atoms with Gasteiger partial charge in [0.15, 0.2) is 0 Å². The number of nitrogens with zero attached hydrogens (tertiary/aromatic N) is 4. The third kappa shape index (κ3) is 4.70. The zero-order valence-corrected chi connectivity index (χ0v) is 11.7. The van der Waals surface area contributed by atoms with Gasteiger partial charge in [0, 0.05) is 27.2 Å². The van der Waals surface area contributed by atoms with E-state index in [0.717, 1.165) is 6.54 Å². The lowest BCUT2D eigenvalue weighted by atomic mass is 10.1. The summed E-state index contributed by atoms with van der Waals surface area (Å²) in [5, 5.41) is 15.7. The Labute approximate surface area is 108 Å². The van der Waals surface area contributed by atoms with E-state index in [9.17, 15) is 5.11 Å². The first-order chi connectivity index (χ1) is 8.31. The van der Waals surface area contributed by atoms with Crippen molar-refractivity contribution in [2.24, 2.45) is 0 Å². The van der Waals surface area contributed by atoms with Crippen molar-refractivity contribution in [1.29, 1.82) is 0 Å². The molecule has 1 heterocycles. The van der Waals surface area contributed by atoms with Crippen LogP contribution in [0.15, 0.2) is 0 Å². The van der Waals surface area contributed by atoms with Gasteiger partial charge in [0.05, 0.1) is 5.60 Å². The van der Waals surface area contributed by atoms with Crippen LogP contribution in [0.2, 0.25) is 0 Å². The molecule has 1 aromatic rings. The SMILES string of the molecule is CCNc1nc(NCC(C)(C)O)nc(N(C)C)n1. The van der Waals surface area contributed by atoms with Gasteiger partial charge < -0.3 is 20.6 Å². The first-order valence-electron chi connectivity index (χ1n) is 5.95. The van der Waals surface area contributed by atoms with E-state index in [4.69, 9.17) is 0 Å². The molecule has 0 aliphatic rings. The van der Waals surface area contributed by atoms with Crippen LogP contribution in [-0.4, -0.2) is 52.8 Å². The van der Waals surface area contributed by atoms with Gasteiger partial charge in [-0.25, -0.2) is 0 Å². The van der Waals surface area contributed by atoms with Crippen LogP contribution < -0.4 is 15.5 Å². The van der Waals surface area contributed by atoms with Crippen molar-refractivity contribution >= 4 is 17.8 Å². The monoisotopic (exact) mass is 254 g/mol. The highest BCUT2D eigenvalue weighted by atomic mass is 16.3. The Kier molecular flexibility index (Phi) is 4.66. The summed E-state index contributed by atoms with van der Waals surface area (Å²) < 4.78 is 0. The molecule has 0 unspecified atom stereocenters. The standard InChI is InChI=1S/C11H22N6O/c1-6-12-8-14-9(13-7-11(2,3)18)16-10(15-8)17(4)5/h18H,6-7H2,1-5H3,(H2,12,13,14,15,16). The Morgan fingerprint density at radius 2 is 1.67 bits per heavy atom. The van der Waals surface area contributed by atoms with E-state index < -0.39 is 5.60 Å². The number of hydrogen-bond acceptors (Lipinski definition) is 7. The molecule has 0 saturated carbocycles. The Morgan fingerprint density at radius 1 is 1.11 bits per heavy atom. The first kappa shape index (κ1) is 14.4. The van der Waals surface area contributed by atoms with Crippen LogP contribution in [0.4, 0.5) is 17.8 Å². The fraction of sp³-hybridized carbons (Fsp3) is 0.727. The molecule has 0 bridgehead atoms. The van der Waals surface area contributed by atoms with E-state index in [1.807, 2.05) is 21.0 Å². The second-order valence-corrected chi connectivity index (χ2v) is 4.87. The summed E-state index contributed by atoms with van der Waals surface area (Å²) in [7, 11) is 3.73. The summed E-state index contributed by atoms with van der Waals surface area (Å²) in [6, 6.07) is 0. The molecule has 7 nitrogen and oxygen atoms in total. The molecule has 3 N–H and O–H groups in total. The minimum atomic E-state index is -0.816. The number of nitrogens with one attached hydrogen (secondary N) is 2. The van der Waals surface area contributed by atoms with Crippen LogP contribution in [0.5, 0.6) is 0 Å². The van der Waals surface area contributed by atoms with Crippen molar-refractivity contribution in [2.75, 3.05) is 42.7 Å². The topological polar surface area (TPSA) is 86.2 Å². The summed E-state index contributed by atoms with van der Waals surface area (Å²) in [4.78, 5) is 14.5. The summed E-state index contributed by atoms with van der Waals surface area (Å²) in [5.41, 5.74) is -0.816. The van der Waals surface area contributed by atoms with E-state index in [1.54, 1.807) is 18.7 Å². The van der Waals surface area contributed by atoms with Gasteiger partial charge in [0.2, 0.25) is 17.8 Å². The minimum Gasteiger partial charge on any atom is -0.389 e. The highest BCUT2D eigenvalue weighted by molar-refractivity contribution is 5.42. The molecule has 1 aromatic heterocycles. The second kappa shape index (κ2) is 5.81. The highest BCUT2D eigenvalue weighted by Crippen LogP contribution is 2.12. The van der Waals surface area contributed by atoms with E-state index in [-0.39, 0.29) is 0 Å².